The Balaban J connectivity index is 2.15. The van der Waals surface area contributed by atoms with E-state index in [1.54, 1.807) is 37.3 Å². The number of ether oxygens (including phenoxy) is 1. The molecule has 0 saturated carbocycles. The van der Waals surface area contributed by atoms with Crippen LogP contribution in [0.4, 0.5) is 4.39 Å². The molecule has 0 saturated heterocycles. The second-order valence-electron chi connectivity index (χ2n) is 4.28. The molecule has 19 heavy (non-hydrogen) atoms. The summed E-state index contributed by atoms with van der Waals surface area (Å²) < 4.78 is 18.6. The summed E-state index contributed by atoms with van der Waals surface area (Å²) in [5.74, 6) is 0.247. The van der Waals surface area contributed by atoms with Crippen LogP contribution in [0.5, 0.6) is 5.75 Å². The highest BCUT2D eigenvalue weighted by Crippen LogP contribution is 2.28. The molecule has 0 spiro atoms. The molecule has 2 nitrogen and oxygen atoms in total. The first-order chi connectivity index (χ1) is 9.06. The highest BCUT2D eigenvalue weighted by Gasteiger charge is 2.10. The lowest BCUT2D eigenvalue weighted by Gasteiger charge is -2.14. The van der Waals surface area contributed by atoms with Gasteiger partial charge in [-0.25, -0.2) is 4.39 Å². The van der Waals surface area contributed by atoms with Crippen molar-refractivity contribution in [2.45, 2.75) is 19.6 Å². The summed E-state index contributed by atoms with van der Waals surface area (Å²) in [5.41, 5.74) is 1.34. The summed E-state index contributed by atoms with van der Waals surface area (Å²) >= 11 is 5.88. The van der Waals surface area contributed by atoms with Crippen molar-refractivity contribution in [2.24, 2.45) is 0 Å². The highest BCUT2D eigenvalue weighted by atomic mass is 35.5. The lowest BCUT2D eigenvalue weighted by Crippen LogP contribution is -2.01. The minimum atomic E-state index is -0.679. The van der Waals surface area contributed by atoms with Gasteiger partial charge >= 0.3 is 0 Å². The van der Waals surface area contributed by atoms with Gasteiger partial charge in [0.15, 0.2) is 0 Å². The Morgan fingerprint density at radius 2 is 2.05 bits per heavy atom. The van der Waals surface area contributed by atoms with Crippen LogP contribution in [0, 0.1) is 5.82 Å². The minimum absolute atomic E-state index is 0.235. The van der Waals surface area contributed by atoms with Crippen LogP contribution in [0.25, 0.3) is 0 Å². The van der Waals surface area contributed by atoms with E-state index in [0.717, 1.165) is 5.56 Å². The molecule has 100 valence electrons. The lowest BCUT2D eigenvalue weighted by molar-refractivity contribution is 0.190. The van der Waals surface area contributed by atoms with Gasteiger partial charge in [-0.05, 0) is 42.8 Å². The molecule has 0 amide bonds. The Bertz CT molecular complexity index is 570. The zero-order valence-corrected chi connectivity index (χ0v) is 11.2. The molecule has 0 aromatic heterocycles. The van der Waals surface area contributed by atoms with E-state index in [1.165, 1.54) is 12.1 Å². The van der Waals surface area contributed by atoms with Crippen molar-refractivity contribution in [3.8, 4) is 5.75 Å². The second kappa shape index (κ2) is 6.04. The molecule has 0 aliphatic heterocycles. The number of aliphatic hydroxyl groups is 1. The predicted molar refractivity (Wildman–Crippen MR) is 72.8 cm³/mol. The molecule has 0 aliphatic carbocycles. The van der Waals surface area contributed by atoms with Crippen LogP contribution < -0.4 is 4.74 Å². The van der Waals surface area contributed by atoms with Crippen molar-refractivity contribution in [1.82, 2.24) is 0 Å². The molecule has 2 rings (SSSR count). The molecule has 4 heteroatoms. The third-order valence-electron chi connectivity index (χ3n) is 2.71. The largest absolute Gasteiger partial charge is 0.489 e. The maximum atomic E-state index is 13.0. The van der Waals surface area contributed by atoms with Crippen LogP contribution in [0.1, 0.15) is 24.2 Å². The van der Waals surface area contributed by atoms with Crippen molar-refractivity contribution in [1.29, 1.82) is 0 Å². The first-order valence-corrected chi connectivity index (χ1v) is 6.29. The average Bonchev–Trinajstić information content (AvgIpc) is 2.37. The maximum absolute atomic E-state index is 13.0. The summed E-state index contributed by atoms with van der Waals surface area (Å²) in [5, 5.41) is 10.2. The second-order valence-corrected chi connectivity index (χ2v) is 4.71. The first kappa shape index (κ1) is 13.8. The molecule has 0 radical (unpaired) electrons. The fourth-order valence-electron chi connectivity index (χ4n) is 1.77. The van der Waals surface area contributed by atoms with Crippen LogP contribution >= 0.6 is 11.6 Å². The quantitative estimate of drug-likeness (QED) is 0.913. The van der Waals surface area contributed by atoms with Crippen molar-refractivity contribution >= 4 is 11.6 Å². The van der Waals surface area contributed by atoms with Gasteiger partial charge in [-0.3, -0.25) is 0 Å². The van der Waals surface area contributed by atoms with Crippen LogP contribution in [-0.2, 0) is 6.61 Å². The Kier molecular flexibility index (Phi) is 4.40. The molecule has 1 N–H and O–H groups in total. The normalized spacial score (nSPS) is 12.2. The fraction of sp³-hybridized carbons (Fsp3) is 0.200. The summed E-state index contributed by atoms with van der Waals surface area (Å²) in [6.07, 6.45) is -0.679. The van der Waals surface area contributed by atoms with Crippen LogP contribution in [0.3, 0.4) is 0 Å². The van der Waals surface area contributed by atoms with E-state index in [4.69, 9.17) is 16.3 Å². The zero-order valence-electron chi connectivity index (χ0n) is 10.4. The van der Waals surface area contributed by atoms with Crippen molar-refractivity contribution in [3.05, 3.63) is 64.4 Å². The number of benzene rings is 2. The predicted octanol–water partition coefficient (Wildman–Crippen LogP) is 4.11. The number of rotatable bonds is 4. The highest BCUT2D eigenvalue weighted by molar-refractivity contribution is 6.30. The van der Waals surface area contributed by atoms with E-state index in [-0.39, 0.29) is 12.4 Å². The zero-order chi connectivity index (χ0) is 13.8. The molecule has 1 unspecified atom stereocenters. The van der Waals surface area contributed by atoms with Crippen LogP contribution in [-0.4, -0.2) is 5.11 Å². The van der Waals surface area contributed by atoms with Gasteiger partial charge in [0.2, 0.25) is 0 Å². The van der Waals surface area contributed by atoms with E-state index in [1.807, 2.05) is 0 Å². The Hall–Kier alpha value is -1.58. The monoisotopic (exact) mass is 280 g/mol. The van der Waals surface area contributed by atoms with E-state index in [9.17, 15) is 9.50 Å². The molecule has 2 aromatic carbocycles. The Morgan fingerprint density at radius 1 is 1.26 bits per heavy atom. The molecule has 0 aliphatic rings. The summed E-state index contributed by atoms with van der Waals surface area (Å²) in [7, 11) is 0. The van der Waals surface area contributed by atoms with Crippen molar-refractivity contribution in [3.63, 3.8) is 0 Å². The molecule has 0 fully saturated rings. The summed E-state index contributed by atoms with van der Waals surface area (Å²) in [6.45, 7) is 1.87. The van der Waals surface area contributed by atoms with Crippen molar-refractivity contribution < 1.29 is 14.2 Å². The van der Waals surface area contributed by atoms with Gasteiger partial charge in [-0.15, -0.1) is 0 Å². The van der Waals surface area contributed by atoms with Gasteiger partial charge in [0.05, 0.1) is 6.10 Å². The number of hydrogen-bond donors (Lipinski definition) is 1. The maximum Gasteiger partial charge on any atom is 0.125 e. The molecule has 1 atom stereocenters. The SMILES string of the molecule is CC(O)c1cc(Cl)ccc1OCc1cccc(F)c1. The van der Waals surface area contributed by atoms with E-state index in [0.29, 0.717) is 16.3 Å². The first-order valence-electron chi connectivity index (χ1n) is 5.91. The van der Waals surface area contributed by atoms with E-state index >= 15 is 0 Å². The third kappa shape index (κ3) is 3.69. The summed E-state index contributed by atoms with van der Waals surface area (Å²) in [4.78, 5) is 0. The Morgan fingerprint density at radius 3 is 2.74 bits per heavy atom. The smallest absolute Gasteiger partial charge is 0.125 e. The lowest BCUT2D eigenvalue weighted by atomic mass is 10.1. The van der Waals surface area contributed by atoms with Gasteiger partial charge in [-0.1, -0.05) is 23.7 Å². The van der Waals surface area contributed by atoms with E-state index in [2.05, 4.69) is 0 Å². The topological polar surface area (TPSA) is 29.5 Å². The third-order valence-corrected chi connectivity index (χ3v) is 2.94. The molecule has 2 aromatic rings. The van der Waals surface area contributed by atoms with Gasteiger partial charge in [0.1, 0.15) is 18.2 Å². The van der Waals surface area contributed by atoms with E-state index < -0.39 is 6.10 Å². The summed E-state index contributed by atoms with van der Waals surface area (Å²) in [6, 6.07) is 11.3. The molecular weight excluding hydrogens is 267 g/mol. The molecule has 0 bridgehead atoms. The standard InChI is InChI=1S/C15H14ClFO2/c1-10(18)14-8-12(16)5-6-15(14)19-9-11-3-2-4-13(17)7-11/h2-8,10,18H,9H2,1H3. The number of aliphatic hydroxyl groups excluding tert-OH is 1. The van der Waals surface area contributed by atoms with Crippen LogP contribution in [0.15, 0.2) is 42.5 Å². The minimum Gasteiger partial charge on any atom is -0.489 e. The number of halogens is 2. The fourth-order valence-corrected chi connectivity index (χ4v) is 1.95. The Labute approximate surface area is 116 Å². The van der Waals surface area contributed by atoms with Crippen LogP contribution in [0.2, 0.25) is 5.02 Å². The molecular formula is C15H14ClFO2. The van der Waals surface area contributed by atoms with Gasteiger partial charge in [0, 0.05) is 10.6 Å². The van der Waals surface area contributed by atoms with Gasteiger partial charge in [0.25, 0.3) is 0 Å². The molecule has 0 heterocycles. The van der Waals surface area contributed by atoms with Crippen molar-refractivity contribution in [2.75, 3.05) is 0 Å². The van der Waals surface area contributed by atoms with Gasteiger partial charge in [-0.2, -0.15) is 0 Å². The average molecular weight is 281 g/mol. The van der Waals surface area contributed by atoms with Gasteiger partial charge < -0.3 is 9.84 Å². The number of hydrogen-bond acceptors (Lipinski definition) is 2.